The first kappa shape index (κ1) is 36.5. The third-order valence-electron chi connectivity index (χ3n) is 2.72. The van der Waals surface area contributed by atoms with Crippen LogP contribution in [0.1, 0.15) is 52.9 Å². The van der Waals surface area contributed by atoms with Crippen molar-refractivity contribution in [3.63, 3.8) is 0 Å². The van der Waals surface area contributed by atoms with Gasteiger partial charge < -0.3 is 21.3 Å². The van der Waals surface area contributed by atoms with Gasteiger partial charge in [-0.25, -0.2) is 0 Å². The Bertz CT molecular complexity index is 722. The van der Waals surface area contributed by atoms with Gasteiger partial charge in [0.05, 0.1) is 11.3 Å². The molecule has 0 saturated carbocycles. The highest BCUT2D eigenvalue weighted by Gasteiger charge is 2.28. The number of para-hydroxylation sites is 2. The van der Waals surface area contributed by atoms with Crippen molar-refractivity contribution in [2.75, 3.05) is 11.1 Å². The number of anilines is 2. The van der Waals surface area contributed by atoms with E-state index in [-0.39, 0.29) is 14.9 Å². The Morgan fingerprint density at radius 2 is 1.23 bits per heavy atom. The van der Waals surface area contributed by atoms with E-state index in [0.29, 0.717) is 11.3 Å². The molecule has 0 aromatic heterocycles. The van der Waals surface area contributed by atoms with E-state index in [0.717, 1.165) is 5.69 Å². The maximum atomic E-state index is 11.0. The van der Waals surface area contributed by atoms with Crippen molar-refractivity contribution in [2.45, 2.75) is 52.6 Å². The number of carbonyl (C=O) groups is 2. The highest BCUT2D eigenvalue weighted by Crippen LogP contribution is 2.28. The van der Waals surface area contributed by atoms with Crippen molar-refractivity contribution >= 4 is 57.9 Å². The van der Waals surface area contributed by atoms with Gasteiger partial charge in [0.2, 0.25) is 3.79 Å². The largest absolute Gasteiger partial charge is 0.399 e. The Morgan fingerprint density at radius 1 is 0.839 bits per heavy atom. The molecule has 0 fully saturated rings. The maximum Gasteiger partial charge on any atom is 0.296 e. The molecule has 178 valence electrons. The molecule has 0 unspecified atom stereocenters. The zero-order valence-corrected chi connectivity index (χ0v) is 19.0. The highest BCUT2D eigenvalue weighted by atomic mass is 35.6. The smallest absolute Gasteiger partial charge is 0.296 e. The van der Waals surface area contributed by atoms with Crippen LogP contribution in [0.25, 0.3) is 0 Å². The van der Waals surface area contributed by atoms with E-state index in [1.54, 1.807) is 24.3 Å². The van der Waals surface area contributed by atoms with Crippen LogP contribution in [0.3, 0.4) is 0 Å². The van der Waals surface area contributed by atoms with E-state index < -0.39 is 21.8 Å². The number of alkyl halides is 3. The monoisotopic (exact) mass is 496 g/mol. The van der Waals surface area contributed by atoms with Gasteiger partial charge in [0, 0.05) is 5.69 Å². The van der Waals surface area contributed by atoms with E-state index in [1.807, 2.05) is 58.0 Å². The van der Waals surface area contributed by atoms with Gasteiger partial charge in [-0.1, -0.05) is 108 Å². The molecule has 31 heavy (non-hydrogen) atoms. The number of carbonyl (C=O) groups excluding carboxylic acids is 2. The van der Waals surface area contributed by atoms with E-state index in [2.05, 4.69) is 5.32 Å². The number of benzene rings is 2. The second-order valence-corrected chi connectivity index (χ2v) is 7.02. The van der Waals surface area contributed by atoms with Crippen molar-refractivity contribution < 1.29 is 19.8 Å². The lowest BCUT2D eigenvalue weighted by molar-refractivity contribution is -0.112. The van der Waals surface area contributed by atoms with Gasteiger partial charge in [0.1, 0.15) is 0 Å². The number of rotatable bonds is 0. The molecule has 2 aromatic rings. The van der Waals surface area contributed by atoms with Crippen LogP contribution >= 0.6 is 34.8 Å². The third kappa shape index (κ3) is 15.6. The van der Waals surface area contributed by atoms with E-state index in [9.17, 15) is 9.59 Å². The summed E-state index contributed by atoms with van der Waals surface area (Å²) in [5, 5.41) is 18.6. The zero-order chi connectivity index (χ0) is 23.0. The Balaban J connectivity index is -0.000000163. The number of hydrogen-bond donors (Lipinski definition) is 4. The number of amides is 1. The second kappa shape index (κ2) is 20.1. The molecule has 1 amide bonds. The fourth-order valence-corrected chi connectivity index (χ4v) is 1.54. The minimum Gasteiger partial charge on any atom is -0.399 e. The van der Waals surface area contributed by atoms with Gasteiger partial charge in [-0.2, -0.15) is 0 Å². The molecule has 2 aromatic carbocycles. The number of Topliss-reactive ketones (excluding diaryl/α,β-unsaturated/α-hetero) is 1. The Labute approximate surface area is 201 Å². The number of ketones is 1. The molecular formula is C22H35Cl3N2O4. The summed E-state index contributed by atoms with van der Waals surface area (Å²) >= 11 is 14.7. The van der Waals surface area contributed by atoms with Gasteiger partial charge in [-0.3, -0.25) is 9.59 Å². The van der Waals surface area contributed by atoms with Gasteiger partial charge in [-0.15, -0.1) is 0 Å². The fraction of sp³-hybridized carbons (Fsp3) is 0.364. The van der Waals surface area contributed by atoms with Crippen LogP contribution in [0.4, 0.5) is 11.4 Å². The molecule has 6 nitrogen and oxygen atoms in total. The standard InChI is InChI=1S/C8H5NO2.C6H7N.C2H3Cl3O2.2C2H6.2CH4/c10-7-5-3-1-2-4-6(5)9-8(7)11;7-6-4-2-1-3-5-6;3-2(4,5)1(6)7;2*1-2;;/h1-4H,(H,9,10,11);1-5H,7H2;1,6-7H;2*1-2H3;2*1H4. The van der Waals surface area contributed by atoms with Gasteiger partial charge in [0.15, 0.2) is 6.29 Å². The summed E-state index contributed by atoms with van der Waals surface area (Å²) in [7, 11) is 0. The van der Waals surface area contributed by atoms with Gasteiger partial charge in [-0.05, 0) is 24.3 Å². The van der Waals surface area contributed by atoms with E-state index in [1.165, 1.54) is 0 Å². The van der Waals surface area contributed by atoms with Crippen molar-refractivity contribution in [3.05, 3.63) is 60.2 Å². The van der Waals surface area contributed by atoms with Crippen LogP contribution in [-0.4, -0.2) is 32.0 Å². The van der Waals surface area contributed by atoms with Crippen molar-refractivity contribution in [3.8, 4) is 0 Å². The summed E-state index contributed by atoms with van der Waals surface area (Å²) in [6, 6.07) is 16.3. The van der Waals surface area contributed by atoms with Crippen molar-refractivity contribution in [2.24, 2.45) is 0 Å². The average Bonchev–Trinajstić information content (AvgIpc) is 3.00. The number of nitrogens with two attached hydrogens (primary N) is 1. The molecule has 0 bridgehead atoms. The molecule has 1 aliphatic rings. The number of aliphatic hydroxyl groups is 2. The minimum atomic E-state index is -1.97. The predicted octanol–water partition coefficient (Wildman–Crippen LogP) is 6.08. The summed E-state index contributed by atoms with van der Waals surface area (Å²) < 4.78 is -1.97. The first-order chi connectivity index (χ1) is 13.6. The first-order valence-electron chi connectivity index (χ1n) is 8.81. The third-order valence-corrected chi connectivity index (χ3v) is 3.30. The SMILES string of the molecule is C.C.CC.CC.Nc1ccccc1.O=C1Nc2ccccc2C1=O.OC(O)C(Cl)(Cl)Cl. The number of fused-ring (bicyclic) bond motifs is 1. The lowest BCUT2D eigenvalue weighted by atomic mass is 10.1. The number of halogens is 3. The van der Waals surface area contributed by atoms with Crippen molar-refractivity contribution in [1.29, 1.82) is 0 Å². The zero-order valence-electron chi connectivity index (χ0n) is 16.7. The Kier molecular flexibility index (Phi) is 23.7. The lowest BCUT2D eigenvalue weighted by Gasteiger charge is -2.10. The predicted molar refractivity (Wildman–Crippen MR) is 135 cm³/mol. The summed E-state index contributed by atoms with van der Waals surface area (Å²) in [6.07, 6.45) is -1.91. The molecule has 0 aliphatic carbocycles. The topological polar surface area (TPSA) is 113 Å². The first-order valence-corrected chi connectivity index (χ1v) is 9.94. The fourth-order valence-electron chi connectivity index (χ4n) is 1.54. The summed E-state index contributed by atoms with van der Waals surface area (Å²) in [5.74, 6) is -0.980. The highest BCUT2D eigenvalue weighted by molar-refractivity contribution is 6.67. The van der Waals surface area contributed by atoms with Crippen LogP contribution in [0.15, 0.2) is 54.6 Å². The molecule has 5 N–H and O–H groups in total. The summed E-state index contributed by atoms with van der Waals surface area (Å²) in [5.41, 5.74) is 7.26. The summed E-state index contributed by atoms with van der Waals surface area (Å²) in [4.78, 5) is 21.8. The quantitative estimate of drug-likeness (QED) is 0.152. The molecule has 0 spiro atoms. The van der Waals surface area contributed by atoms with Crippen LogP contribution in [0.5, 0.6) is 0 Å². The molecule has 9 heteroatoms. The minimum absolute atomic E-state index is 0. The lowest BCUT2D eigenvalue weighted by Crippen LogP contribution is -2.23. The second-order valence-electron chi connectivity index (χ2n) is 4.65. The normalized spacial score (nSPS) is 10.4. The van der Waals surface area contributed by atoms with Crippen LogP contribution in [-0.2, 0) is 4.79 Å². The average molecular weight is 498 g/mol. The van der Waals surface area contributed by atoms with Crippen molar-refractivity contribution in [1.82, 2.24) is 0 Å². The van der Waals surface area contributed by atoms with Crippen LogP contribution < -0.4 is 11.1 Å². The molecule has 1 aliphatic heterocycles. The molecule has 3 rings (SSSR count). The number of nitrogen functional groups attached to an aromatic ring is 1. The summed E-state index contributed by atoms with van der Waals surface area (Å²) in [6.45, 7) is 8.00. The number of nitrogens with one attached hydrogen (secondary N) is 1. The number of aliphatic hydroxyl groups excluding tert-OH is 1. The van der Waals surface area contributed by atoms with E-state index in [4.69, 9.17) is 50.7 Å². The molecule has 1 heterocycles. The van der Waals surface area contributed by atoms with E-state index >= 15 is 0 Å². The molecule has 0 radical (unpaired) electrons. The van der Waals surface area contributed by atoms with Gasteiger partial charge >= 0.3 is 0 Å². The van der Waals surface area contributed by atoms with Crippen LogP contribution in [0.2, 0.25) is 0 Å². The van der Waals surface area contributed by atoms with Crippen LogP contribution in [0, 0.1) is 0 Å². The van der Waals surface area contributed by atoms with Gasteiger partial charge in [0.25, 0.3) is 11.7 Å². The Hall–Kier alpha value is -1.83. The molecule has 0 saturated heterocycles. The molecular weight excluding hydrogens is 463 g/mol. The number of hydrogen-bond acceptors (Lipinski definition) is 5. The Morgan fingerprint density at radius 3 is 1.55 bits per heavy atom. The maximum absolute atomic E-state index is 11.0. The molecule has 0 atom stereocenters.